The molecule has 0 aliphatic carbocycles. The van der Waals surface area contributed by atoms with Gasteiger partial charge in [0.1, 0.15) is 0 Å². The number of ether oxygens (including phenoxy) is 1. The maximum Gasteiger partial charge on any atom is 0.220 e. The van der Waals surface area contributed by atoms with Gasteiger partial charge in [-0.25, -0.2) is 0 Å². The number of carbonyl (C=O) groups is 1. The van der Waals surface area contributed by atoms with Gasteiger partial charge in [-0.1, -0.05) is 6.92 Å². The zero-order valence-electron chi connectivity index (χ0n) is 10.0. The average Bonchev–Trinajstić information content (AvgIpc) is 2.24. The molecule has 0 spiro atoms. The lowest BCUT2D eigenvalue weighted by molar-refractivity contribution is -0.123. The highest BCUT2D eigenvalue weighted by atomic mass is 16.5. The standard InChI is InChI=1S/C11H23NO3/c1-4-11(3,9-13)12-10(14)7-6-8-15-5-2/h13H,4-9H2,1-3H3,(H,12,14). The van der Waals surface area contributed by atoms with Crippen LogP contribution in [0.5, 0.6) is 0 Å². The Bertz CT molecular complexity index is 179. The number of hydrogen-bond donors (Lipinski definition) is 2. The van der Waals surface area contributed by atoms with Crippen LogP contribution in [0.2, 0.25) is 0 Å². The van der Waals surface area contributed by atoms with Gasteiger partial charge in [-0.15, -0.1) is 0 Å². The van der Waals surface area contributed by atoms with E-state index in [4.69, 9.17) is 9.84 Å². The van der Waals surface area contributed by atoms with Gasteiger partial charge < -0.3 is 15.2 Å². The maximum atomic E-state index is 11.5. The third kappa shape index (κ3) is 6.47. The van der Waals surface area contributed by atoms with Crippen LogP contribution in [-0.4, -0.2) is 36.4 Å². The quantitative estimate of drug-likeness (QED) is 0.598. The Balaban J connectivity index is 3.72. The maximum absolute atomic E-state index is 11.5. The number of rotatable bonds is 8. The van der Waals surface area contributed by atoms with E-state index in [9.17, 15) is 4.79 Å². The summed E-state index contributed by atoms with van der Waals surface area (Å²) in [6.45, 7) is 6.99. The molecule has 0 saturated carbocycles. The summed E-state index contributed by atoms with van der Waals surface area (Å²) in [5.74, 6) is -0.0203. The molecule has 0 fully saturated rings. The van der Waals surface area contributed by atoms with Crippen LogP contribution in [0.25, 0.3) is 0 Å². The zero-order chi connectivity index (χ0) is 11.7. The van der Waals surface area contributed by atoms with E-state index in [0.29, 0.717) is 19.6 Å². The molecule has 0 rings (SSSR count). The van der Waals surface area contributed by atoms with Gasteiger partial charge in [0, 0.05) is 19.6 Å². The molecule has 0 saturated heterocycles. The number of aliphatic hydroxyl groups is 1. The molecule has 15 heavy (non-hydrogen) atoms. The molecule has 1 unspecified atom stereocenters. The lowest BCUT2D eigenvalue weighted by atomic mass is 10.00. The highest BCUT2D eigenvalue weighted by molar-refractivity contribution is 5.76. The van der Waals surface area contributed by atoms with Crippen LogP contribution in [0.1, 0.15) is 40.0 Å². The van der Waals surface area contributed by atoms with Crippen molar-refractivity contribution in [1.29, 1.82) is 0 Å². The second kappa shape index (κ2) is 7.65. The molecule has 90 valence electrons. The van der Waals surface area contributed by atoms with Crippen LogP contribution in [0.4, 0.5) is 0 Å². The van der Waals surface area contributed by atoms with Gasteiger partial charge in [-0.05, 0) is 26.7 Å². The van der Waals surface area contributed by atoms with Crippen molar-refractivity contribution in [3.63, 3.8) is 0 Å². The fourth-order valence-corrected chi connectivity index (χ4v) is 1.12. The van der Waals surface area contributed by atoms with Crippen molar-refractivity contribution in [1.82, 2.24) is 5.32 Å². The Hall–Kier alpha value is -0.610. The first kappa shape index (κ1) is 14.4. The van der Waals surface area contributed by atoms with Gasteiger partial charge >= 0.3 is 0 Å². The Morgan fingerprint density at radius 2 is 2.13 bits per heavy atom. The first-order valence-corrected chi connectivity index (χ1v) is 5.57. The smallest absolute Gasteiger partial charge is 0.220 e. The molecule has 0 aromatic carbocycles. The molecule has 0 aliphatic heterocycles. The van der Waals surface area contributed by atoms with Gasteiger partial charge in [0.05, 0.1) is 12.1 Å². The van der Waals surface area contributed by atoms with E-state index in [0.717, 1.165) is 12.8 Å². The highest BCUT2D eigenvalue weighted by Crippen LogP contribution is 2.08. The SMILES string of the molecule is CCOCCCC(=O)NC(C)(CC)CO. The van der Waals surface area contributed by atoms with E-state index in [1.165, 1.54) is 0 Å². The summed E-state index contributed by atoms with van der Waals surface area (Å²) in [6, 6.07) is 0. The molecular weight excluding hydrogens is 194 g/mol. The molecule has 1 amide bonds. The third-order valence-corrected chi connectivity index (χ3v) is 2.47. The van der Waals surface area contributed by atoms with Crippen LogP contribution in [0.15, 0.2) is 0 Å². The van der Waals surface area contributed by atoms with Crippen molar-refractivity contribution in [3.8, 4) is 0 Å². The van der Waals surface area contributed by atoms with E-state index < -0.39 is 5.54 Å². The zero-order valence-corrected chi connectivity index (χ0v) is 10.0. The fraction of sp³-hybridized carbons (Fsp3) is 0.909. The molecule has 0 aromatic heterocycles. The predicted octanol–water partition coefficient (Wildman–Crippen LogP) is 1.08. The van der Waals surface area contributed by atoms with Gasteiger partial charge in [0.15, 0.2) is 0 Å². The van der Waals surface area contributed by atoms with E-state index in [1.807, 2.05) is 20.8 Å². The van der Waals surface area contributed by atoms with Crippen molar-refractivity contribution in [2.24, 2.45) is 0 Å². The topological polar surface area (TPSA) is 58.6 Å². The van der Waals surface area contributed by atoms with Crippen molar-refractivity contribution >= 4 is 5.91 Å². The van der Waals surface area contributed by atoms with Crippen LogP contribution < -0.4 is 5.32 Å². The highest BCUT2D eigenvalue weighted by Gasteiger charge is 2.22. The summed E-state index contributed by atoms with van der Waals surface area (Å²) in [4.78, 5) is 11.5. The number of hydrogen-bond acceptors (Lipinski definition) is 3. The first-order valence-electron chi connectivity index (χ1n) is 5.57. The minimum absolute atomic E-state index is 0.0203. The van der Waals surface area contributed by atoms with Crippen LogP contribution in [0.3, 0.4) is 0 Å². The monoisotopic (exact) mass is 217 g/mol. The van der Waals surface area contributed by atoms with Crippen molar-refractivity contribution in [2.75, 3.05) is 19.8 Å². The molecule has 1 atom stereocenters. The summed E-state index contributed by atoms with van der Waals surface area (Å²) in [5.41, 5.74) is -0.483. The Kier molecular flexibility index (Phi) is 7.34. The lowest BCUT2D eigenvalue weighted by Gasteiger charge is -2.27. The predicted molar refractivity (Wildman–Crippen MR) is 59.7 cm³/mol. The fourth-order valence-electron chi connectivity index (χ4n) is 1.12. The minimum Gasteiger partial charge on any atom is -0.394 e. The molecule has 0 radical (unpaired) electrons. The number of carbonyl (C=O) groups excluding carboxylic acids is 1. The molecule has 0 bridgehead atoms. The molecule has 0 heterocycles. The van der Waals surface area contributed by atoms with Crippen molar-refractivity contribution in [3.05, 3.63) is 0 Å². The lowest BCUT2D eigenvalue weighted by Crippen LogP contribution is -2.48. The van der Waals surface area contributed by atoms with E-state index in [2.05, 4.69) is 5.32 Å². The molecule has 4 nitrogen and oxygen atoms in total. The second-order valence-electron chi connectivity index (χ2n) is 3.92. The Morgan fingerprint density at radius 1 is 1.47 bits per heavy atom. The molecule has 2 N–H and O–H groups in total. The second-order valence-corrected chi connectivity index (χ2v) is 3.92. The van der Waals surface area contributed by atoms with Gasteiger partial charge in [-0.2, -0.15) is 0 Å². The summed E-state index contributed by atoms with van der Waals surface area (Å²) in [6.07, 6.45) is 1.90. The molecule has 4 heteroatoms. The van der Waals surface area contributed by atoms with E-state index in [-0.39, 0.29) is 12.5 Å². The normalized spacial score (nSPS) is 14.7. The van der Waals surface area contributed by atoms with E-state index in [1.54, 1.807) is 0 Å². The largest absolute Gasteiger partial charge is 0.394 e. The number of amides is 1. The molecular formula is C11H23NO3. The summed E-state index contributed by atoms with van der Waals surface area (Å²) < 4.78 is 5.14. The molecule has 0 aliphatic rings. The molecule has 0 aromatic rings. The number of aliphatic hydroxyl groups excluding tert-OH is 1. The van der Waals surface area contributed by atoms with E-state index >= 15 is 0 Å². The van der Waals surface area contributed by atoms with Crippen LogP contribution >= 0.6 is 0 Å². The van der Waals surface area contributed by atoms with Gasteiger partial charge in [0.25, 0.3) is 0 Å². The van der Waals surface area contributed by atoms with Gasteiger partial charge in [-0.3, -0.25) is 4.79 Å². The van der Waals surface area contributed by atoms with Crippen LogP contribution in [-0.2, 0) is 9.53 Å². The van der Waals surface area contributed by atoms with Crippen LogP contribution in [0, 0.1) is 0 Å². The Morgan fingerprint density at radius 3 is 2.60 bits per heavy atom. The summed E-state index contributed by atoms with van der Waals surface area (Å²) in [5, 5.41) is 11.9. The van der Waals surface area contributed by atoms with Crippen molar-refractivity contribution in [2.45, 2.75) is 45.6 Å². The van der Waals surface area contributed by atoms with Gasteiger partial charge in [0.2, 0.25) is 5.91 Å². The summed E-state index contributed by atoms with van der Waals surface area (Å²) >= 11 is 0. The Labute approximate surface area is 92.0 Å². The number of nitrogens with one attached hydrogen (secondary N) is 1. The van der Waals surface area contributed by atoms with Crippen molar-refractivity contribution < 1.29 is 14.6 Å². The third-order valence-electron chi connectivity index (χ3n) is 2.47. The average molecular weight is 217 g/mol. The summed E-state index contributed by atoms with van der Waals surface area (Å²) in [7, 11) is 0. The first-order chi connectivity index (χ1) is 7.08. The minimum atomic E-state index is -0.483.